The second-order valence-electron chi connectivity index (χ2n) is 7.48. The van der Waals surface area contributed by atoms with Crippen LogP contribution in [0.4, 0.5) is 13.2 Å². The molecule has 0 saturated carbocycles. The number of nitrogens with one attached hydrogen (secondary N) is 2. The van der Waals surface area contributed by atoms with E-state index in [2.05, 4.69) is 34.6 Å². The van der Waals surface area contributed by atoms with E-state index in [4.69, 9.17) is 0 Å². The molecule has 1 saturated heterocycles. The van der Waals surface area contributed by atoms with E-state index in [-0.39, 0.29) is 35.9 Å². The zero-order valence-corrected chi connectivity index (χ0v) is 19.6. The molecule has 1 aliphatic heterocycles. The maximum atomic E-state index is 12.5. The first-order valence-corrected chi connectivity index (χ1v) is 9.34. The molecule has 0 spiro atoms. The largest absolute Gasteiger partial charge is 0.401 e. The lowest BCUT2D eigenvalue weighted by Crippen LogP contribution is -2.45. The molecule has 0 amide bonds. The van der Waals surface area contributed by atoms with Gasteiger partial charge in [-0.05, 0) is 51.6 Å². The Kier molecular flexibility index (Phi) is 9.51. The van der Waals surface area contributed by atoms with Gasteiger partial charge in [0.25, 0.3) is 0 Å². The van der Waals surface area contributed by atoms with Crippen molar-refractivity contribution >= 4 is 29.9 Å². The molecule has 0 aliphatic carbocycles. The highest BCUT2D eigenvalue weighted by Gasteiger charge is 2.34. The van der Waals surface area contributed by atoms with Gasteiger partial charge in [0.15, 0.2) is 5.96 Å². The van der Waals surface area contributed by atoms with Crippen molar-refractivity contribution in [2.75, 3.05) is 33.2 Å². The molecule has 1 aromatic heterocycles. The number of nitrogens with zero attached hydrogens (tertiary/aromatic N) is 4. The molecule has 1 fully saturated rings. The summed E-state index contributed by atoms with van der Waals surface area (Å²) in [5.74, 6) is 0.875. The number of likely N-dealkylation sites (tertiary alicyclic amines) is 1. The number of hydrogen-bond acceptors (Lipinski definition) is 3. The Morgan fingerprint density at radius 1 is 1.36 bits per heavy atom. The van der Waals surface area contributed by atoms with Gasteiger partial charge >= 0.3 is 6.18 Å². The Labute approximate surface area is 182 Å². The van der Waals surface area contributed by atoms with Crippen molar-refractivity contribution in [1.29, 1.82) is 0 Å². The number of rotatable bonds is 6. The SMILES string of the molecule is CN=C(NCC1CCN(CC(F)(F)F)C1)NC(C)Cc1c(C)nn(C)c1C.I. The van der Waals surface area contributed by atoms with Crippen molar-refractivity contribution in [3.8, 4) is 0 Å². The third kappa shape index (κ3) is 7.41. The number of guanidine groups is 1. The first kappa shape index (κ1) is 25.0. The van der Waals surface area contributed by atoms with Gasteiger partial charge in [-0.15, -0.1) is 24.0 Å². The van der Waals surface area contributed by atoms with E-state index in [0.717, 1.165) is 24.2 Å². The number of alkyl halides is 3. The summed E-state index contributed by atoms with van der Waals surface area (Å²) < 4.78 is 39.4. The van der Waals surface area contributed by atoms with Crippen molar-refractivity contribution in [3.05, 3.63) is 17.0 Å². The quantitative estimate of drug-likeness (QED) is 0.347. The van der Waals surface area contributed by atoms with Crippen LogP contribution in [-0.2, 0) is 13.5 Å². The lowest BCUT2D eigenvalue weighted by molar-refractivity contribution is -0.143. The molecule has 28 heavy (non-hydrogen) atoms. The third-order valence-corrected chi connectivity index (χ3v) is 5.11. The molecule has 2 atom stereocenters. The molecule has 2 rings (SSSR count). The summed E-state index contributed by atoms with van der Waals surface area (Å²) in [5.41, 5.74) is 3.41. The van der Waals surface area contributed by atoms with Crippen LogP contribution in [0.5, 0.6) is 0 Å². The van der Waals surface area contributed by atoms with Gasteiger partial charge in [-0.25, -0.2) is 0 Å². The minimum absolute atomic E-state index is 0. The highest BCUT2D eigenvalue weighted by Crippen LogP contribution is 2.22. The van der Waals surface area contributed by atoms with Crippen molar-refractivity contribution in [3.63, 3.8) is 0 Å². The van der Waals surface area contributed by atoms with Crippen LogP contribution in [0.2, 0.25) is 0 Å². The Balaban J connectivity index is 0.00000392. The Bertz CT molecular complexity index is 658. The molecule has 2 N–H and O–H groups in total. The molecule has 0 radical (unpaired) electrons. The maximum Gasteiger partial charge on any atom is 0.401 e. The van der Waals surface area contributed by atoms with Crippen LogP contribution in [0.1, 0.15) is 30.3 Å². The van der Waals surface area contributed by atoms with Crippen molar-refractivity contribution < 1.29 is 13.2 Å². The van der Waals surface area contributed by atoms with Crippen LogP contribution in [0, 0.1) is 19.8 Å². The van der Waals surface area contributed by atoms with Crippen LogP contribution in [0.15, 0.2) is 4.99 Å². The summed E-state index contributed by atoms with van der Waals surface area (Å²) in [5, 5.41) is 11.1. The predicted octanol–water partition coefficient (Wildman–Crippen LogP) is 2.64. The normalized spacial score (nSPS) is 19.4. The van der Waals surface area contributed by atoms with E-state index in [1.165, 1.54) is 10.5 Å². The second kappa shape index (κ2) is 10.7. The first-order chi connectivity index (χ1) is 12.6. The van der Waals surface area contributed by atoms with Crippen molar-refractivity contribution in [2.24, 2.45) is 18.0 Å². The first-order valence-electron chi connectivity index (χ1n) is 9.34. The molecule has 10 heteroatoms. The van der Waals surface area contributed by atoms with Gasteiger partial charge in [-0.3, -0.25) is 14.6 Å². The topological polar surface area (TPSA) is 57.5 Å². The summed E-state index contributed by atoms with van der Waals surface area (Å²) in [4.78, 5) is 5.71. The van der Waals surface area contributed by atoms with E-state index in [1.807, 2.05) is 18.7 Å². The maximum absolute atomic E-state index is 12.5. The minimum atomic E-state index is -4.13. The molecular weight excluding hydrogens is 484 g/mol. The van der Waals surface area contributed by atoms with Crippen LogP contribution in [0.25, 0.3) is 0 Å². The molecule has 162 valence electrons. The van der Waals surface area contributed by atoms with Gasteiger partial charge in [0.05, 0.1) is 12.2 Å². The zero-order chi connectivity index (χ0) is 20.2. The van der Waals surface area contributed by atoms with Gasteiger partial charge in [0.1, 0.15) is 0 Å². The Morgan fingerprint density at radius 2 is 2.04 bits per heavy atom. The van der Waals surface area contributed by atoms with Crippen molar-refractivity contribution in [2.45, 2.75) is 45.8 Å². The average molecular weight is 516 g/mol. The van der Waals surface area contributed by atoms with E-state index in [1.54, 1.807) is 7.05 Å². The fraction of sp³-hybridized carbons (Fsp3) is 0.778. The molecule has 0 bridgehead atoms. The molecule has 2 heterocycles. The van der Waals surface area contributed by atoms with Crippen LogP contribution in [0.3, 0.4) is 0 Å². The number of aromatic nitrogens is 2. The fourth-order valence-corrected chi connectivity index (χ4v) is 3.62. The van der Waals surface area contributed by atoms with Gasteiger partial charge in [0.2, 0.25) is 0 Å². The molecule has 2 unspecified atom stereocenters. The lowest BCUT2D eigenvalue weighted by atomic mass is 10.1. The summed E-state index contributed by atoms with van der Waals surface area (Å²) in [7, 11) is 3.64. The van der Waals surface area contributed by atoms with Gasteiger partial charge in [-0.2, -0.15) is 18.3 Å². The monoisotopic (exact) mass is 516 g/mol. The second-order valence-corrected chi connectivity index (χ2v) is 7.48. The highest BCUT2D eigenvalue weighted by molar-refractivity contribution is 14.0. The Hall–Kier alpha value is -1.04. The summed E-state index contributed by atoms with van der Waals surface area (Å²) in [6.45, 7) is 6.90. The van der Waals surface area contributed by atoms with Crippen LogP contribution in [-0.4, -0.2) is 66.1 Å². The summed E-state index contributed by atoms with van der Waals surface area (Å²) in [6, 6.07) is 0.156. The minimum Gasteiger partial charge on any atom is -0.356 e. The van der Waals surface area contributed by atoms with Gasteiger partial charge < -0.3 is 10.6 Å². The van der Waals surface area contributed by atoms with E-state index < -0.39 is 12.7 Å². The number of hydrogen-bond donors (Lipinski definition) is 2. The number of aliphatic imine (C=N–C) groups is 1. The average Bonchev–Trinajstić information content (AvgIpc) is 3.09. The van der Waals surface area contributed by atoms with Crippen LogP contribution >= 0.6 is 24.0 Å². The van der Waals surface area contributed by atoms with Gasteiger partial charge in [-0.1, -0.05) is 0 Å². The number of aryl methyl sites for hydroxylation is 2. The molecule has 1 aliphatic rings. The number of halogens is 4. The Morgan fingerprint density at radius 3 is 2.57 bits per heavy atom. The lowest BCUT2D eigenvalue weighted by Gasteiger charge is -2.21. The predicted molar refractivity (Wildman–Crippen MR) is 116 cm³/mol. The van der Waals surface area contributed by atoms with E-state index in [9.17, 15) is 13.2 Å². The van der Waals surface area contributed by atoms with Crippen LogP contribution < -0.4 is 10.6 Å². The molecular formula is C18H32F3IN6. The third-order valence-electron chi connectivity index (χ3n) is 5.11. The van der Waals surface area contributed by atoms with E-state index in [0.29, 0.717) is 25.6 Å². The van der Waals surface area contributed by atoms with E-state index >= 15 is 0 Å². The smallest absolute Gasteiger partial charge is 0.356 e. The fourth-order valence-electron chi connectivity index (χ4n) is 3.62. The molecule has 6 nitrogen and oxygen atoms in total. The summed E-state index contributed by atoms with van der Waals surface area (Å²) >= 11 is 0. The molecule has 1 aromatic rings. The van der Waals surface area contributed by atoms with Crippen molar-refractivity contribution in [1.82, 2.24) is 25.3 Å². The highest BCUT2D eigenvalue weighted by atomic mass is 127. The van der Waals surface area contributed by atoms with Gasteiger partial charge in [0, 0.05) is 38.9 Å². The zero-order valence-electron chi connectivity index (χ0n) is 17.2. The standard InChI is InChI=1S/C18H31F3N6.HI/c1-12(8-16-13(2)25-26(5)14(16)3)24-17(22-4)23-9-15-6-7-27(10-15)11-18(19,20)21;/h12,15H,6-11H2,1-5H3,(H2,22,23,24);1H. The summed E-state index contributed by atoms with van der Waals surface area (Å²) in [6.07, 6.45) is -2.53. The molecule has 0 aromatic carbocycles.